The SMILES string of the molecule is O=[N+]([O-])c1cccc(CNc2cc(-c3ccccc3)nc(NC3CC3)n2)c1. The van der Waals surface area contributed by atoms with E-state index in [1.165, 1.54) is 6.07 Å². The van der Waals surface area contributed by atoms with E-state index in [1.54, 1.807) is 12.1 Å². The molecule has 7 nitrogen and oxygen atoms in total. The first-order valence-corrected chi connectivity index (χ1v) is 8.85. The molecule has 2 aromatic carbocycles. The molecule has 0 bridgehead atoms. The molecule has 1 heterocycles. The van der Waals surface area contributed by atoms with Crippen molar-refractivity contribution < 1.29 is 4.92 Å². The smallest absolute Gasteiger partial charge is 0.269 e. The number of rotatable bonds is 7. The molecule has 7 heteroatoms. The summed E-state index contributed by atoms with van der Waals surface area (Å²) in [6, 6.07) is 18.9. The summed E-state index contributed by atoms with van der Waals surface area (Å²) >= 11 is 0. The molecule has 1 aliphatic rings. The fourth-order valence-electron chi connectivity index (χ4n) is 2.74. The average molecular weight is 361 g/mol. The lowest BCUT2D eigenvalue weighted by Gasteiger charge is -2.11. The molecule has 1 aromatic heterocycles. The molecule has 1 fully saturated rings. The van der Waals surface area contributed by atoms with Gasteiger partial charge in [-0.05, 0) is 18.4 Å². The highest BCUT2D eigenvalue weighted by atomic mass is 16.6. The van der Waals surface area contributed by atoms with Gasteiger partial charge in [0, 0.05) is 36.3 Å². The number of hydrogen-bond donors (Lipinski definition) is 2. The first kappa shape index (κ1) is 17.0. The van der Waals surface area contributed by atoms with Gasteiger partial charge in [-0.2, -0.15) is 4.98 Å². The molecule has 0 spiro atoms. The van der Waals surface area contributed by atoms with Crippen LogP contribution in [0.15, 0.2) is 60.7 Å². The lowest BCUT2D eigenvalue weighted by molar-refractivity contribution is -0.384. The first-order chi connectivity index (χ1) is 13.2. The Morgan fingerprint density at radius 1 is 1.04 bits per heavy atom. The Morgan fingerprint density at radius 2 is 1.85 bits per heavy atom. The van der Waals surface area contributed by atoms with Crippen molar-refractivity contribution in [2.24, 2.45) is 0 Å². The minimum Gasteiger partial charge on any atom is -0.366 e. The Bertz CT molecular complexity index is 958. The van der Waals surface area contributed by atoms with Gasteiger partial charge in [-0.3, -0.25) is 10.1 Å². The van der Waals surface area contributed by atoms with E-state index in [4.69, 9.17) is 0 Å². The fraction of sp³-hybridized carbons (Fsp3) is 0.200. The third kappa shape index (κ3) is 4.38. The van der Waals surface area contributed by atoms with Crippen molar-refractivity contribution in [2.75, 3.05) is 10.6 Å². The maximum Gasteiger partial charge on any atom is 0.269 e. The molecule has 0 amide bonds. The molecule has 4 rings (SSSR count). The van der Waals surface area contributed by atoms with Crippen LogP contribution in [0.2, 0.25) is 0 Å². The van der Waals surface area contributed by atoms with Crippen LogP contribution < -0.4 is 10.6 Å². The van der Waals surface area contributed by atoms with Crippen LogP contribution >= 0.6 is 0 Å². The summed E-state index contributed by atoms with van der Waals surface area (Å²) < 4.78 is 0. The standard InChI is InChI=1S/C20H19N5O2/c26-25(27)17-8-4-5-14(11-17)13-21-19-12-18(15-6-2-1-3-7-15)23-20(24-19)22-16-9-10-16/h1-8,11-12,16H,9-10,13H2,(H2,21,22,23,24). The molecule has 136 valence electrons. The number of benzene rings is 2. The zero-order valence-electron chi connectivity index (χ0n) is 14.6. The van der Waals surface area contributed by atoms with Crippen molar-refractivity contribution in [1.82, 2.24) is 9.97 Å². The number of hydrogen-bond acceptors (Lipinski definition) is 6. The number of anilines is 2. The van der Waals surface area contributed by atoms with Gasteiger partial charge in [0.25, 0.3) is 5.69 Å². The minimum absolute atomic E-state index is 0.0815. The van der Waals surface area contributed by atoms with Crippen LogP contribution in [0.3, 0.4) is 0 Å². The van der Waals surface area contributed by atoms with Crippen molar-refractivity contribution in [3.05, 3.63) is 76.3 Å². The summed E-state index contributed by atoms with van der Waals surface area (Å²) in [5.74, 6) is 1.28. The normalized spacial score (nSPS) is 13.2. The molecule has 2 N–H and O–H groups in total. The predicted molar refractivity (Wildman–Crippen MR) is 105 cm³/mol. The zero-order valence-corrected chi connectivity index (χ0v) is 14.6. The van der Waals surface area contributed by atoms with Gasteiger partial charge in [0.05, 0.1) is 10.6 Å². The Labute approximate surface area is 156 Å². The molecule has 1 aliphatic carbocycles. The minimum atomic E-state index is -0.390. The molecule has 1 saturated carbocycles. The van der Waals surface area contributed by atoms with Crippen LogP contribution in [0.25, 0.3) is 11.3 Å². The number of nitro benzene ring substituents is 1. The molecule has 27 heavy (non-hydrogen) atoms. The van der Waals surface area contributed by atoms with E-state index in [2.05, 4.69) is 20.6 Å². The van der Waals surface area contributed by atoms with Gasteiger partial charge in [-0.1, -0.05) is 42.5 Å². The summed E-state index contributed by atoms with van der Waals surface area (Å²) in [5.41, 5.74) is 2.74. The highest BCUT2D eigenvalue weighted by molar-refractivity contribution is 5.64. The van der Waals surface area contributed by atoms with Gasteiger partial charge in [-0.25, -0.2) is 4.98 Å². The topological polar surface area (TPSA) is 93.0 Å². The van der Waals surface area contributed by atoms with E-state index in [9.17, 15) is 10.1 Å². The zero-order chi connectivity index (χ0) is 18.6. The summed E-state index contributed by atoms with van der Waals surface area (Å²) in [7, 11) is 0. The highest BCUT2D eigenvalue weighted by Crippen LogP contribution is 2.26. The van der Waals surface area contributed by atoms with Gasteiger partial charge in [-0.15, -0.1) is 0 Å². The largest absolute Gasteiger partial charge is 0.366 e. The summed E-state index contributed by atoms with van der Waals surface area (Å²) in [6.45, 7) is 0.440. The number of nitrogens with one attached hydrogen (secondary N) is 2. The molecule has 0 aliphatic heterocycles. The van der Waals surface area contributed by atoms with Crippen LogP contribution in [-0.2, 0) is 6.54 Å². The summed E-state index contributed by atoms with van der Waals surface area (Å²) in [6.07, 6.45) is 2.27. The van der Waals surface area contributed by atoms with Gasteiger partial charge in [0.2, 0.25) is 5.95 Å². The third-order valence-electron chi connectivity index (χ3n) is 4.30. The monoisotopic (exact) mass is 361 g/mol. The first-order valence-electron chi connectivity index (χ1n) is 8.85. The molecular formula is C20H19N5O2. The van der Waals surface area contributed by atoms with Crippen molar-refractivity contribution >= 4 is 17.5 Å². The molecule has 0 unspecified atom stereocenters. The van der Waals surface area contributed by atoms with Crippen LogP contribution in [0.1, 0.15) is 18.4 Å². The van der Waals surface area contributed by atoms with E-state index in [1.807, 2.05) is 42.5 Å². The number of nitro groups is 1. The van der Waals surface area contributed by atoms with Crippen LogP contribution in [0.4, 0.5) is 17.5 Å². The van der Waals surface area contributed by atoms with E-state index >= 15 is 0 Å². The second-order valence-electron chi connectivity index (χ2n) is 6.53. The van der Waals surface area contributed by atoms with Crippen molar-refractivity contribution in [3.8, 4) is 11.3 Å². The lowest BCUT2D eigenvalue weighted by atomic mass is 10.1. The molecular weight excluding hydrogens is 342 g/mol. The Morgan fingerprint density at radius 3 is 2.59 bits per heavy atom. The van der Waals surface area contributed by atoms with E-state index in [-0.39, 0.29) is 10.6 Å². The molecule has 0 atom stereocenters. The number of nitrogens with zero attached hydrogens (tertiary/aromatic N) is 3. The van der Waals surface area contributed by atoms with Crippen molar-refractivity contribution in [3.63, 3.8) is 0 Å². The third-order valence-corrected chi connectivity index (χ3v) is 4.30. The highest BCUT2D eigenvalue weighted by Gasteiger charge is 2.22. The van der Waals surface area contributed by atoms with Crippen LogP contribution in [-0.4, -0.2) is 20.9 Å². The van der Waals surface area contributed by atoms with E-state index in [0.717, 1.165) is 29.7 Å². The van der Waals surface area contributed by atoms with Gasteiger partial charge in [0.1, 0.15) is 5.82 Å². The number of aromatic nitrogens is 2. The lowest BCUT2D eigenvalue weighted by Crippen LogP contribution is -2.09. The van der Waals surface area contributed by atoms with Crippen LogP contribution in [0.5, 0.6) is 0 Å². The Balaban J connectivity index is 1.57. The van der Waals surface area contributed by atoms with E-state index < -0.39 is 0 Å². The average Bonchev–Trinajstić information content (AvgIpc) is 3.51. The van der Waals surface area contributed by atoms with Gasteiger partial charge < -0.3 is 10.6 Å². The van der Waals surface area contributed by atoms with Crippen LogP contribution in [0, 0.1) is 10.1 Å². The second kappa shape index (κ2) is 7.41. The van der Waals surface area contributed by atoms with Gasteiger partial charge >= 0.3 is 0 Å². The Kier molecular flexibility index (Phi) is 4.65. The van der Waals surface area contributed by atoms with Gasteiger partial charge in [0.15, 0.2) is 0 Å². The maximum absolute atomic E-state index is 10.9. The molecule has 3 aromatic rings. The van der Waals surface area contributed by atoms with Crippen molar-refractivity contribution in [1.29, 1.82) is 0 Å². The van der Waals surface area contributed by atoms with Crippen molar-refractivity contribution in [2.45, 2.75) is 25.4 Å². The number of non-ortho nitro benzene ring substituents is 1. The predicted octanol–water partition coefficient (Wildman–Crippen LogP) is 4.24. The Hall–Kier alpha value is -3.48. The summed E-state index contributed by atoms with van der Waals surface area (Å²) in [4.78, 5) is 19.7. The fourth-order valence-corrected chi connectivity index (χ4v) is 2.74. The summed E-state index contributed by atoms with van der Waals surface area (Å²) in [5, 5.41) is 17.5. The van der Waals surface area contributed by atoms with E-state index in [0.29, 0.717) is 24.4 Å². The quantitative estimate of drug-likeness (QED) is 0.483. The molecule has 0 saturated heterocycles. The maximum atomic E-state index is 10.9. The second-order valence-corrected chi connectivity index (χ2v) is 6.53. The molecule has 0 radical (unpaired) electrons.